The van der Waals surface area contributed by atoms with Gasteiger partial charge in [-0.3, -0.25) is 10.2 Å². The summed E-state index contributed by atoms with van der Waals surface area (Å²) in [4.78, 5) is 17.1. The van der Waals surface area contributed by atoms with E-state index in [-0.39, 0.29) is 17.3 Å². The first kappa shape index (κ1) is 22.9. The van der Waals surface area contributed by atoms with E-state index in [1.54, 1.807) is 11.6 Å². The highest BCUT2D eigenvalue weighted by atomic mass is 32.1. The van der Waals surface area contributed by atoms with Gasteiger partial charge in [0.2, 0.25) is 5.91 Å². The minimum absolute atomic E-state index is 0.240. The van der Waals surface area contributed by atoms with Crippen LogP contribution in [-0.2, 0) is 11.0 Å². The van der Waals surface area contributed by atoms with Crippen molar-refractivity contribution in [2.24, 2.45) is 11.1 Å². The summed E-state index contributed by atoms with van der Waals surface area (Å²) in [6.45, 7) is 1.25. The number of anilines is 2. The van der Waals surface area contributed by atoms with Crippen LogP contribution in [0.15, 0.2) is 35.0 Å². The van der Waals surface area contributed by atoms with Crippen LogP contribution in [0.5, 0.6) is 0 Å². The van der Waals surface area contributed by atoms with Crippen molar-refractivity contribution < 1.29 is 18.0 Å². The van der Waals surface area contributed by atoms with E-state index >= 15 is 0 Å². The first-order valence-corrected chi connectivity index (χ1v) is 10.7. The maximum atomic E-state index is 13.9. The zero-order chi connectivity index (χ0) is 22.6. The first-order chi connectivity index (χ1) is 14.7. The number of halogens is 3. The maximum Gasteiger partial charge on any atom is 0.418 e. The molecule has 1 aliphatic rings. The summed E-state index contributed by atoms with van der Waals surface area (Å²) in [6.07, 6.45) is 1.25. The molecular formula is C20H23F3N6OS. The highest BCUT2D eigenvalue weighted by molar-refractivity contribution is 7.13. The lowest BCUT2D eigenvalue weighted by Gasteiger charge is -2.24. The number of alkyl halides is 3. The van der Waals surface area contributed by atoms with Gasteiger partial charge in [0.15, 0.2) is 5.13 Å². The Hall–Kier alpha value is -2.82. The highest BCUT2D eigenvalue weighted by Gasteiger charge is 2.37. The second kappa shape index (κ2) is 9.54. The Morgan fingerprint density at radius 1 is 1.39 bits per heavy atom. The fourth-order valence-electron chi connectivity index (χ4n) is 3.94. The molecule has 1 amide bonds. The summed E-state index contributed by atoms with van der Waals surface area (Å²) in [6, 6.07) is 3.57. The van der Waals surface area contributed by atoms with Crippen LogP contribution in [0.25, 0.3) is 0 Å². The predicted molar refractivity (Wildman–Crippen MR) is 113 cm³/mol. The Bertz CT molecular complexity index is 941. The van der Waals surface area contributed by atoms with Gasteiger partial charge in [-0.1, -0.05) is 37.0 Å². The predicted octanol–water partition coefficient (Wildman–Crippen LogP) is 6.21. The van der Waals surface area contributed by atoms with Crippen LogP contribution >= 0.6 is 11.3 Å². The molecule has 1 unspecified atom stereocenters. The quantitative estimate of drug-likeness (QED) is 0.201. The molecular weight excluding hydrogens is 429 g/mol. The van der Waals surface area contributed by atoms with E-state index < -0.39 is 29.3 Å². The van der Waals surface area contributed by atoms with Crippen molar-refractivity contribution in [1.82, 2.24) is 4.98 Å². The van der Waals surface area contributed by atoms with E-state index in [4.69, 9.17) is 10.9 Å². The van der Waals surface area contributed by atoms with Gasteiger partial charge in [0, 0.05) is 11.6 Å². The van der Waals surface area contributed by atoms with E-state index in [1.807, 2.05) is 0 Å². The third kappa shape index (κ3) is 5.46. The number of carbonyl (C=O) groups excluding carboxylic acids is 1. The molecule has 1 aliphatic carbocycles. The van der Waals surface area contributed by atoms with Gasteiger partial charge in [-0.2, -0.15) is 18.7 Å². The fourth-order valence-corrected chi connectivity index (χ4v) is 4.48. The molecule has 1 heterocycles. The molecule has 2 aromatic rings. The number of hydrogen-bond acceptors (Lipinski definition) is 6. The number of amides is 1. The number of nitrogens with zero attached hydrogens (tertiary/aromatic N) is 3. The van der Waals surface area contributed by atoms with Gasteiger partial charge < -0.3 is 5.32 Å². The highest BCUT2D eigenvalue weighted by Crippen LogP contribution is 2.41. The van der Waals surface area contributed by atoms with Crippen molar-refractivity contribution >= 4 is 33.9 Å². The minimum atomic E-state index is -4.74. The number of thiazole rings is 1. The van der Waals surface area contributed by atoms with Crippen LogP contribution in [0.2, 0.25) is 0 Å². The van der Waals surface area contributed by atoms with Crippen LogP contribution in [0, 0.1) is 16.9 Å². The lowest BCUT2D eigenvalue weighted by molar-refractivity contribution is -0.137. The van der Waals surface area contributed by atoms with Gasteiger partial charge in [0.05, 0.1) is 17.2 Å². The smallest absolute Gasteiger partial charge is 0.301 e. The molecule has 0 bridgehead atoms. The van der Waals surface area contributed by atoms with Gasteiger partial charge in [0.1, 0.15) is 5.84 Å². The van der Waals surface area contributed by atoms with Crippen molar-refractivity contribution in [3.05, 3.63) is 40.9 Å². The average molecular weight is 453 g/mol. The molecule has 3 N–H and O–H groups in total. The monoisotopic (exact) mass is 452 g/mol. The normalized spacial score (nSPS) is 15.5. The molecule has 1 atom stereocenters. The van der Waals surface area contributed by atoms with E-state index in [1.165, 1.54) is 30.4 Å². The third-order valence-corrected chi connectivity index (χ3v) is 6.09. The second-order valence-electron chi connectivity index (χ2n) is 7.54. The molecule has 1 fully saturated rings. The molecule has 0 spiro atoms. The second-order valence-corrected chi connectivity index (χ2v) is 8.43. The molecule has 1 aromatic heterocycles. The minimum Gasteiger partial charge on any atom is -0.301 e. The maximum absolute atomic E-state index is 13.9. The Morgan fingerprint density at radius 2 is 2.10 bits per heavy atom. The number of nitrogens with one attached hydrogen (secondary N) is 3. The van der Waals surface area contributed by atoms with Crippen molar-refractivity contribution in [2.45, 2.75) is 51.1 Å². The Kier molecular flexibility index (Phi) is 7.04. The van der Waals surface area contributed by atoms with Crippen LogP contribution in [0.1, 0.15) is 56.1 Å². The molecule has 7 nitrogen and oxygen atoms in total. The van der Waals surface area contributed by atoms with E-state index in [0.29, 0.717) is 16.6 Å². The van der Waals surface area contributed by atoms with Crippen molar-refractivity contribution in [1.29, 1.82) is 10.9 Å². The average Bonchev–Trinajstić information content (AvgIpc) is 3.40. The standard InChI is InChI=1S/C20H23F3N6OS/c1-12(24)29(28-25)17-7-6-14(11-16(17)20(21,22)23)15(10-13-4-2-3-5-13)18(30)27-19-26-8-9-31-19/h6-9,11,13,15,24-25H,2-5,10H2,1H3,(H,26,27,30). The number of amidine groups is 1. The van der Waals surface area contributed by atoms with Crippen molar-refractivity contribution in [2.75, 3.05) is 10.3 Å². The van der Waals surface area contributed by atoms with Gasteiger partial charge in [-0.15, -0.1) is 11.3 Å². The van der Waals surface area contributed by atoms with E-state index in [0.717, 1.165) is 31.7 Å². The molecule has 0 aliphatic heterocycles. The van der Waals surface area contributed by atoms with Crippen LogP contribution in [0.4, 0.5) is 24.0 Å². The molecule has 0 radical (unpaired) electrons. The first-order valence-electron chi connectivity index (χ1n) is 9.85. The van der Waals surface area contributed by atoms with Gasteiger partial charge >= 0.3 is 6.18 Å². The Labute approximate surface area is 181 Å². The molecule has 31 heavy (non-hydrogen) atoms. The molecule has 0 saturated heterocycles. The topological polar surface area (TPSA) is 105 Å². The largest absolute Gasteiger partial charge is 0.418 e. The zero-order valence-corrected chi connectivity index (χ0v) is 17.7. The molecule has 3 rings (SSSR count). The molecule has 11 heteroatoms. The number of hydrogen-bond donors (Lipinski definition) is 3. The van der Waals surface area contributed by atoms with E-state index in [9.17, 15) is 18.0 Å². The molecule has 166 valence electrons. The summed E-state index contributed by atoms with van der Waals surface area (Å²) >= 11 is 1.24. The van der Waals surface area contributed by atoms with Crippen molar-refractivity contribution in [3.63, 3.8) is 0 Å². The SMILES string of the molecule is CC(=N)N(N=N)c1ccc(C(CC2CCCC2)C(=O)Nc2nccs2)cc1C(F)(F)F. The third-order valence-electron chi connectivity index (χ3n) is 5.40. The van der Waals surface area contributed by atoms with Crippen molar-refractivity contribution in [3.8, 4) is 0 Å². The Morgan fingerprint density at radius 3 is 2.65 bits per heavy atom. The Balaban J connectivity index is 2.01. The summed E-state index contributed by atoms with van der Waals surface area (Å²) in [5, 5.41) is 16.1. The van der Waals surface area contributed by atoms with Gasteiger partial charge in [0.25, 0.3) is 0 Å². The number of aromatic nitrogens is 1. The summed E-state index contributed by atoms with van der Waals surface area (Å²) in [5.41, 5.74) is 5.95. The number of rotatable bonds is 7. The lowest BCUT2D eigenvalue weighted by atomic mass is 9.86. The summed E-state index contributed by atoms with van der Waals surface area (Å²) in [5.74, 6) is -1.22. The summed E-state index contributed by atoms with van der Waals surface area (Å²) in [7, 11) is 0. The van der Waals surface area contributed by atoms with Gasteiger partial charge in [-0.25, -0.2) is 9.99 Å². The zero-order valence-electron chi connectivity index (χ0n) is 16.9. The van der Waals surface area contributed by atoms with Crippen LogP contribution < -0.4 is 10.3 Å². The van der Waals surface area contributed by atoms with Gasteiger partial charge in [-0.05, 0) is 37.0 Å². The number of benzene rings is 1. The van der Waals surface area contributed by atoms with Crippen LogP contribution in [-0.4, -0.2) is 16.7 Å². The lowest BCUT2D eigenvalue weighted by Crippen LogP contribution is -2.26. The van der Waals surface area contributed by atoms with Crippen LogP contribution in [0.3, 0.4) is 0 Å². The molecule has 1 aromatic carbocycles. The number of carbonyl (C=O) groups is 1. The fraction of sp³-hybridized carbons (Fsp3) is 0.450. The molecule has 1 saturated carbocycles. The summed E-state index contributed by atoms with van der Waals surface area (Å²) < 4.78 is 41.6. The van der Waals surface area contributed by atoms with E-state index in [2.05, 4.69) is 15.5 Å².